The Morgan fingerprint density at radius 1 is 1.86 bits per heavy atom. The molecule has 0 bridgehead atoms. The highest BCUT2D eigenvalue weighted by molar-refractivity contribution is 5.84. The summed E-state index contributed by atoms with van der Waals surface area (Å²) in [5, 5.41) is 6.90. The third-order valence-electron chi connectivity index (χ3n) is 0.810. The Morgan fingerprint density at radius 3 is 2.29 bits per heavy atom. The Morgan fingerprint density at radius 2 is 2.29 bits per heavy atom. The van der Waals surface area contributed by atoms with E-state index in [-0.39, 0.29) is 6.04 Å². The lowest BCUT2D eigenvalue weighted by molar-refractivity contribution is 0.852. The van der Waals surface area contributed by atoms with Gasteiger partial charge in [-0.3, -0.25) is 0 Å². The second-order valence-corrected chi connectivity index (χ2v) is 1.53. The van der Waals surface area contributed by atoms with Crippen LogP contribution < -0.4 is 11.5 Å². The molecule has 1 atom stereocenters. The molecule has 5 N–H and O–H groups in total. The van der Waals surface area contributed by atoms with E-state index in [1.54, 1.807) is 6.92 Å². The van der Waals surface area contributed by atoms with E-state index in [1.165, 1.54) is 0 Å². The first-order valence-corrected chi connectivity index (χ1v) is 2.19. The Labute approximate surface area is 43.2 Å². The van der Waals surface area contributed by atoms with Gasteiger partial charge in [0.15, 0.2) is 0 Å². The average molecular weight is 101 g/mol. The van der Waals surface area contributed by atoms with Gasteiger partial charge in [-0.2, -0.15) is 0 Å². The van der Waals surface area contributed by atoms with Gasteiger partial charge in [0.1, 0.15) is 0 Å². The van der Waals surface area contributed by atoms with Gasteiger partial charge in [-0.15, -0.1) is 0 Å². The molecule has 42 valence electrons. The van der Waals surface area contributed by atoms with Crippen LogP contribution in [0.4, 0.5) is 0 Å². The second kappa shape index (κ2) is 2.71. The molecule has 0 rings (SSSR count). The molecule has 7 heavy (non-hydrogen) atoms. The Bertz CT molecular complexity index is 69.3. The zero-order valence-corrected chi connectivity index (χ0v) is 4.44. The van der Waals surface area contributed by atoms with Gasteiger partial charge in [-0.25, -0.2) is 0 Å². The highest BCUT2D eigenvalue weighted by atomic mass is 14.7. The number of hydrogen-bond acceptors (Lipinski definition) is 3. The van der Waals surface area contributed by atoms with Crippen LogP contribution in [0.25, 0.3) is 0 Å². The van der Waals surface area contributed by atoms with Crippen LogP contribution in [-0.4, -0.2) is 18.3 Å². The van der Waals surface area contributed by atoms with Gasteiger partial charge >= 0.3 is 0 Å². The molecule has 0 spiro atoms. The molecule has 0 aromatic rings. The Kier molecular flexibility index (Phi) is 2.55. The fourth-order valence-electron chi connectivity index (χ4n) is 0.177. The molecule has 0 saturated heterocycles. The van der Waals surface area contributed by atoms with Crippen molar-refractivity contribution in [3.63, 3.8) is 0 Å². The zero-order valence-electron chi connectivity index (χ0n) is 4.44. The number of nitrogens with one attached hydrogen (secondary N) is 1. The predicted molar refractivity (Wildman–Crippen MR) is 30.4 cm³/mol. The average Bonchev–Trinajstić information content (AvgIpc) is 1.65. The number of rotatable bonds is 2. The molecule has 0 amide bonds. The fraction of sp³-hybridized carbons (Fsp3) is 0.750. The molecular formula is C4H11N3. The van der Waals surface area contributed by atoms with E-state index in [9.17, 15) is 0 Å². The molecule has 0 heterocycles. The minimum absolute atomic E-state index is 0.236. The highest BCUT2D eigenvalue weighted by Crippen LogP contribution is 1.73. The van der Waals surface area contributed by atoms with Gasteiger partial charge in [-0.05, 0) is 6.92 Å². The summed E-state index contributed by atoms with van der Waals surface area (Å²) in [4.78, 5) is 0. The Hall–Kier alpha value is -0.410. The molecule has 0 fully saturated rings. The largest absolute Gasteiger partial charge is 0.329 e. The van der Waals surface area contributed by atoms with Crippen molar-refractivity contribution in [3.8, 4) is 0 Å². The van der Waals surface area contributed by atoms with Crippen molar-refractivity contribution in [1.29, 1.82) is 5.41 Å². The van der Waals surface area contributed by atoms with Gasteiger partial charge in [-0.1, -0.05) is 0 Å². The molecule has 0 saturated carbocycles. The first kappa shape index (κ1) is 6.59. The molecule has 0 radical (unpaired) electrons. The molecule has 0 aromatic carbocycles. The van der Waals surface area contributed by atoms with Crippen molar-refractivity contribution in [2.75, 3.05) is 6.54 Å². The summed E-state index contributed by atoms with van der Waals surface area (Å²) in [6.45, 7) is 2.02. The summed E-state index contributed by atoms with van der Waals surface area (Å²) in [7, 11) is 0. The molecular weight excluding hydrogens is 90.1 g/mol. The molecule has 0 aromatic heterocycles. The van der Waals surface area contributed by atoms with E-state index in [1.807, 2.05) is 0 Å². The third kappa shape index (κ3) is 2.31. The monoisotopic (exact) mass is 101 g/mol. The van der Waals surface area contributed by atoms with Gasteiger partial charge < -0.3 is 16.9 Å². The van der Waals surface area contributed by atoms with Crippen molar-refractivity contribution in [2.24, 2.45) is 11.5 Å². The lowest BCUT2D eigenvalue weighted by atomic mass is 10.2. The van der Waals surface area contributed by atoms with Gasteiger partial charge in [0, 0.05) is 12.3 Å². The maximum Gasteiger partial charge on any atom is 0.0544 e. The number of nitrogens with two attached hydrogens (primary N) is 2. The summed E-state index contributed by atoms with van der Waals surface area (Å²) in [5.74, 6) is 0. The lowest BCUT2D eigenvalue weighted by Gasteiger charge is -2.02. The van der Waals surface area contributed by atoms with E-state index < -0.39 is 0 Å². The van der Waals surface area contributed by atoms with Crippen molar-refractivity contribution >= 4 is 5.71 Å². The standard InChI is InChI=1S/C4H11N3/c1-3(6)4(7)2-5/h4,6H,2,5,7H2,1H3. The molecule has 3 heteroatoms. The van der Waals surface area contributed by atoms with Crippen molar-refractivity contribution in [2.45, 2.75) is 13.0 Å². The smallest absolute Gasteiger partial charge is 0.0544 e. The van der Waals surface area contributed by atoms with E-state index in [4.69, 9.17) is 16.9 Å². The SMILES string of the molecule is CC(=N)C(N)CN. The van der Waals surface area contributed by atoms with Gasteiger partial charge in [0.25, 0.3) is 0 Å². The fourth-order valence-corrected chi connectivity index (χ4v) is 0.177. The van der Waals surface area contributed by atoms with Gasteiger partial charge in [0.05, 0.1) is 6.04 Å². The Balaban J connectivity index is 3.34. The van der Waals surface area contributed by atoms with Crippen LogP contribution in [0.2, 0.25) is 0 Å². The number of hydrogen-bond donors (Lipinski definition) is 3. The van der Waals surface area contributed by atoms with E-state index in [0.29, 0.717) is 12.3 Å². The topological polar surface area (TPSA) is 75.9 Å². The van der Waals surface area contributed by atoms with Crippen LogP contribution >= 0.6 is 0 Å². The van der Waals surface area contributed by atoms with Gasteiger partial charge in [0.2, 0.25) is 0 Å². The minimum Gasteiger partial charge on any atom is -0.329 e. The first-order valence-electron chi connectivity index (χ1n) is 2.19. The molecule has 0 aliphatic carbocycles. The summed E-state index contributed by atoms with van der Waals surface area (Å²) in [6, 6.07) is -0.236. The van der Waals surface area contributed by atoms with Crippen LogP contribution in [0.5, 0.6) is 0 Å². The highest BCUT2D eigenvalue weighted by Gasteiger charge is 1.97. The second-order valence-electron chi connectivity index (χ2n) is 1.53. The van der Waals surface area contributed by atoms with Crippen LogP contribution in [0, 0.1) is 5.41 Å². The zero-order chi connectivity index (χ0) is 5.86. The summed E-state index contributed by atoms with van der Waals surface area (Å²) >= 11 is 0. The lowest BCUT2D eigenvalue weighted by Crippen LogP contribution is -2.35. The van der Waals surface area contributed by atoms with E-state index in [0.717, 1.165) is 0 Å². The maximum atomic E-state index is 6.90. The quantitative estimate of drug-likeness (QED) is 0.403. The minimum atomic E-state index is -0.236. The molecule has 0 aliphatic rings. The van der Waals surface area contributed by atoms with E-state index >= 15 is 0 Å². The first-order chi connectivity index (χ1) is 3.18. The van der Waals surface area contributed by atoms with E-state index in [2.05, 4.69) is 0 Å². The van der Waals surface area contributed by atoms with Crippen molar-refractivity contribution < 1.29 is 0 Å². The third-order valence-corrected chi connectivity index (χ3v) is 0.810. The van der Waals surface area contributed by atoms with Crippen molar-refractivity contribution in [3.05, 3.63) is 0 Å². The van der Waals surface area contributed by atoms with Crippen LogP contribution in [-0.2, 0) is 0 Å². The molecule has 3 nitrogen and oxygen atoms in total. The summed E-state index contributed by atoms with van der Waals surface area (Å²) in [5.41, 5.74) is 10.8. The van der Waals surface area contributed by atoms with Crippen LogP contribution in [0.1, 0.15) is 6.92 Å². The summed E-state index contributed by atoms with van der Waals surface area (Å²) < 4.78 is 0. The van der Waals surface area contributed by atoms with Crippen LogP contribution in [0.3, 0.4) is 0 Å². The van der Waals surface area contributed by atoms with Crippen LogP contribution in [0.15, 0.2) is 0 Å². The normalized spacial score (nSPS) is 13.6. The maximum absolute atomic E-state index is 6.90. The summed E-state index contributed by atoms with van der Waals surface area (Å²) in [6.07, 6.45) is 0. The predicted octanol–water partition coefficient (Wildman–Crippen LogP) is -0.688. The van der Waals surface area contributed by atoms with Crippen molar-refractivity contribution in [1.82, 2.24) is 0 Å². The molecule has 1 unspecified atom stereocenters. The molecule has 0 aliphatic heterocycles.